The molecule has 1 aromatic heterocycles. The quantitative estimate of drug-likeness (QED) is 0.187. The number of rotatable bonds is 5. The molecule has 1 saturated heterocycles. The fourth-order valence-electron chi connectivity index (χ4n) is 4.85. The van der Waals surface area contributed by atoms with Crippen LogP contribution in [0.3, 0.4) is 0 Å². The van der Waals surface area contributed by atoms with Crippen LogP contribution in [0.5, 0.6) is 11.5 Å². The van der Waals surface area contributed by atoms with E-state index in [0.29, 0.717) is 31.7 Å². The molecule has 11 heteroatoms. The summed E-state index contributed by atoms with van der Waals surface area (Å²) in [6, 6.07) is 3.96. The van der Waals surface area contributed by atoms with Gasteiger partial charge in [0.25, 0.3) is 5.91 Å². The van der Waals surface area contributed by atoms with Crippen LogP contribution in [0.4, 0.5) is 22.0 Å². The van der Waals surface area contributed by atoms with Crippen molar-refractivity contribution in [3.8, 4) is 22.8 Å². The second-order valence-corrected chi connectivity index (χ2v) is 13.2. The average molecular weight is 597 g/mol. The summed E-state index contributed by atoms with van der Waals surface area (Å²) in [5, 5.41) is 13.9. The smallest absolute Gasteiger partial charge is 0.260 e. The summed E-state index contributed by atoms with van der Waals surface area (Å²) >= 11 is 1.52. The van der Waals surface area contributed by atoms with Crippen molar-refractivity contribution in [3.63, 3.8) is 0 Å². The molecule has 1 N–H and O–H groups in total. The highest BCUT2D eigenvalue weighted by Crippen LogP contribution is 2.43. The first-order chi connectivity index (χ1) is 19.0. The molecule has 1 aliphatic rings. The zero-order valence-corrected chi connectivity index (χ0v) is 24.6. The minimum absolute atomic E-state index is 0.0789. The number of thiazole rings is 1. The number of nitrogens with zero attached hydrogens (tertiary/aromatic N) is 2. The highest BCUT2D eigenvalue weighted by atomic mass is 32.1. The number of carbonyl (C=O) groups excluding carboxylic acids is 1. The van der Waals surface area contributed by atoms with Gasteiger partial charge >= 0.3 is 0 Å². The Labute approximate surface area is 240 Å². The number of halogens is 5. The predicted octanol–water partition coefficient (Wildman–Crippen LogP) is 7.59. The predicted molar refractivity (Wildman–Crippen MR) is 147 cm³/mol. The van der Waals surface area contributed by atoms with Crippen molar-refractivity contribution in [2.45, 2.75) is 71.1 Å². The normalized spacial score (nSPS) is 15.0. The summed E-state index contributed by atoms with van der Waals surface area (Å²) in [6.07, 6.45) is 1.16. The maximum atomic E-state index is 13.8. The van der Waals surface area contributed by atoms with Gasteiger partial charge < -0.3 is 14.7 Å². The summed E-state index contributed by atoms with van der Waals surface area (Å²) in [5.41, 5.74) is 2.84. The van der Waals surface area contributed by atoms with Crippen LogP contribution in [-0.4, -0.2) is 40.6 Å². The Bertz CT molecular complexity index is 1400. The molecule has 5 nitrogen and oxygen atoms in total. The van der Waals surface area contributed by atoms with E-state index in [1.54, 1.807) is 0 Å². The number of ether oxygens (including phenoxy) is 1. The standard InChI is InChI=1S/C30H33F5N2O3S/c1-29(2,3)17-11-16(12-18(26(17)39)30(4,5)6)19-14-41-28(36-19)15-7-9-37(10-8-15)20(38)13-40-27-24(34)22(32)21(31)23(33)25(27)35/h11-12,14-15,39H,7-10,13H2,1-6H3. The van der Waals surface area contributed by atoms with Gasteiger partial charge in [-0.3, -0.25) is 4.79 Å². The van der Waals surface area contributed by atoms with Crippen molar-refractivity contribution in [1.82, 2.24) is 9.88 Å². The second kappa shape index (κ2) is 11.2. The third-order valence-electron chi connectivity index (χ3n) is 7.25. The van der Waals surface area contributed by atoms with E-state index >= 15 is 0 Å². The summed E-state index contributed by atoms with van der Waals surface area (Å²) in [5.74, 6) is -12.5. The number of likely N-dealkylation sites (tertiary alicyclic amines) is 1. The molecule has 4 rings (SSSR count). The first kappa shape index (κ1) is 30.7. The summed E-state index contributed by atoms with van der Waals surface area (Å²) < 4.78 is 72.5. The Morgan fingerprint density at radius 1 is 0.927 bits per heavy atom. The van der Waals surface area contributed by atoms with Crippen molar-refractivity contribution in [2.75, 3.05) is 19.7 Å². The molecule has 222 valence electrons. The Morgan fingerprint density at radius 2 is 1.41 bits per heavy atom. The van der Waals surface area contributed by atoms with Gasteiger partial charge in [-0.2, -0.15) is 8.78 Å². The molecule has 0 radical (unpaired) electrons. The van der Waals surface area contributed by atoms with E-state index in [1.165, 1.54) is 16.2 Å². The minimum Gasteiger partial charge on any atom is -0.507 e. The van der Waals surface area contributed by atoms with Gasteiger partial charge in [0.15, 0.2) is 12.4 Å². The maximum Gasteiger partial charge on any atom is 0.260 e. The molecule has 0 unspecified atom stereocenters. The van der Waals surface area contributed by atoms with Crippen molar-refractivity contribution in [3.05, 3.63) is 62.7 Å². The van der Waals surface area contributed by atoms with Crippen LogP contribution in [0.25, 0.3) is 11.3 Å². The molecule has 0 atom stereocenters. The number of phenolic OH excluding ortho intramolecular Hbond substituents is 1. The second-order valence-electron chi connectivity index (χ2n) is 12.3. The lowest BCUT2D eigenvalue weighted by molar-refractivity contribution is -0.134. The van der Waals surface area contributed by atoms with Gasteiger partial charge in [-0.1, -0.05) is 41.5 Å². The number of aromatic nitrogens is 1. The Kier molecular flexibility index (Phi) is 8.42. The van der Waals surface area contributed by atoms with E-state index in [2.05, 4.69) is 0 Å². The van der Waals surface area contributed by atoms with Gasteiger partial charge in [0.2, 0.25) is 29.1 Å². The number of hydrogen-bond donors (Lipinski definition) is 1. The number of benzene rings is 2. The highest BCUT2D eigenvalue weighted by molar-refractivity contribution is 7.10. The van der Waals surface area contributed by atoms with Crippen molar-refractivity contribution in [1.29, 1.82) is 0 Å². The number of piperidine rings is 1. The molecule has 3 aromatic rings. The van der Waals surface area contributed by atoms with E-state index in [1.807, 2.05) is 59.1 Å². The van der Waals surface area contributed by atoms with E-state index in [-0.39, 0.29) is 16.7 Å². The monoisotopic (exact) mass is 596 g/mol. The number of amides is 1. The van der Waals surface area contributed by atoms with Crippen LogP contribution in [0, 0.1) is 29.1 Å². The topological polar surface area (TPSA) is 62.7 Å². The molecule has 0 aliphatic carbocycles. The van der Waals surface area contributed by atoms with Crippen LogP contribution in [0.15, 0.2) is 17.5 Å². The van der Waals surface area contributed by atoms with Crippen LogP contribution in [0.1, 0.15) is 76.4 Å². The lowest BCUT2D eigenvalue weighted by Gasteiger charge is -2.31. The molecular formula is C30H33F5N2O3S. The SMILES string of the molecule is CC(C)(C)c1cc(-c2csc(C3CCN(C(=O)COc4c(F)c(F)c(F)c(F)c4F)CC3)n2)cc(C(C)(C)C)c1O. The van der Waals surface area contributed by atoms with Gasteiger partial charge in [-0.05, 0) is 35.8 Å². The van der Waals surface area contributed by atoms with Gasteiger partial charge in [0.05, 0.1) is 10.7 Å². The summed E-state index contributed by atoms with van der Waals surface area (Å²) in [4.78, 5) is 18.9. The van der Waals surface area contributed by atoms with Gasteiger partial charge in [0.1, 0.15) is 5.75 Å². The van der Waals surface area contributed by atoms with Crippen LogP contribution in [-0.2, 0) is 15.6 Å². The van der Waals surface area contributed by atoms with E-state index in [0.717, 1.165) is 27.4 Å². The van der Waals surface area contributed by atoms with Crippen molar-refractivity contribution in [2.24, 2.45) is 0 Å². The third-order valence-corrected chi connectivity index (χ3v) is 8.26. The lowest BCUT2D eigenvalue weighted by atomic mass is 9.78. The van der Waals surface area contributed by atoms with Crippen LogP contribution < -0.4 is 4.74 Å². The summed E-state index contributed by atoms with van der Waals surface area (Å²) in [6.45, 7) is 12.1. The van der Waals surface area contributed by atoms with E-state index < -0.39 is 47.3 Å². The number of carbonyl (C=O) groups is 1. The fourth-order valence-corrected chi connectivity index (χ4v) is 5.85. The molecule has 0 bridgehead atoms. The van der Waals surface area contributed by atoms with Crippen LogP contribution in [0.2, 0.25) is 0 Å². The number of phenols is 1. The molecular weight excluding hydrogens is 563 g/mol. The minimum atomic E-state index is -2.29. The fraction of sp³-hybridized carbons (Fsp3) is 0.467. The zero-order chi connectivity index (χ0) is 30.4. The number of hydrogen-bond acceptors (Lipinski definition) is 5. The summed E-state index contributed by atoms with van der Waals surface area (Å²) in [7, 11) is 0. The molecule has 2 aromatic carbocycles. The van der Waals surface area contributed by atoms with Gasteiger partial charge in [-0.15, -0.1) is 11.3 Å². The molecule has 0 saturated carbocycles. The molecule has 0 spiro atoms. The molecule has 41 heavy (non-hydrogen) atoms. The van der Waals surface area contributed by atoms with E-state index in [9.17, 15) is 31.9 Å². The largest absolute Gasteiger partial charge is 0.507 e. The first-order valence-electron chi connectivity index (χ1n) is 13.3. The molecule has 1 aliphatic heterocycles. The third kappa shape index (κ3) is 6.19. The molecule has 2 heterocycles. The van der Waals surface area contributed by atoms with E-state index in [4.69, 9.17) is 9.72 Å². The average Bonchev–Trinajstić information content (AvgIpc) is 3.40. The van der Waals surface area contributed by atoms with Gasteiger partial charge in [0, 0.05) is 41.1 Å². The van der Waals surface area contributed by atoms with Crippen LogP contribution >= 0.6 is 11.3 Å². The molecule has 1 amide bonds. The lowest BCUT2D eigenvalue weighted by Crippen LogP contribution is -2.40. The van der Waals surface area contributed by atoms with Crippen molar-refractivity contribution >= 4 is 17.2 Å². The van der Waals surface area contributed by atoms with Crippen molar-refractivity contribution < 1.29 is 36.6 Å². The Balaban J connectivity index is 1.44. The number of aromatic hydroxyl groups is 1. The maximum absolute atomic E-state index is 13.8. The Hall–Kier alpha value is -3.21. The highest BCUT2D eigenvalue weighted by Gasteiger charge is 2.31. The van der Waals surface area contributed by atoms with Gasteiger partial charge in [-0.25, -0.2) is 18.2 Å². The first-order valence-corrected chi connectivity index (χ1v) is 14.1. The molecule has 1 fully saturated rings. The Morgan fingerprint density at radius 3 is 1.90 bits per heavy atom. The zero-order valence-electron chi connectivity index (χ0n) is 23.8.